The maximum Gasteiger partial charge on any atom is 0.258 e. The normalized spacial score (nSPS) is 21.0. The summed E-state index contributed by atoms with van der Waals surface area (Å²) in [5.74, 6) is 0. The van der Waals surface area contributed by atoms with Gasteiger partial charge in [0.1, 0.15) is 0 Å². The summed E-state index contributed by atoms with van der Waals surface area (Å²) in [5.41, 5.74) is 0. The molecule has 2 N–H and O–H groups in total. The lowest BCUT2D eigenvalue weighted by molar-refractivity contribution is 0.0112. The van der Waals surface area contributed by atoms with Crippen LogP contribution in [0.5, 0.6) is 0 Å². The minimum Gasteiger partial charge on any atom is -0.424 e. The van der Waals surface area contributed by atoms with E-state index in [1.807, 2.05) is 36.4 Å². The van der Waals surface area contributed by atoms with Crippen LogP contribution < -0.4 is 15.7 Å². The van der Waals surface area contributed by atoms with E-state index in [9.17, 15) is 4.80 Å². The molecule has 2 aromatic rings. The summed E-state index contributed by atoms with van der Waals surface area (Å²) in [4.78, 5) is 12.1. The van der Waals surface area contributed by atoms with Crippen LogP contribution in [0.4, 0.5) is 0 Å². The van der Waals surface area contributed by atoms with Gasteiger partial charge in [-0.1, -0.05) is 74.5 Å². The van der Waals surface area contributed by atoms with Gasteiger partial charge in [-0.15, -0.1) is 0 Å². The molecule has 0 radical (unpaired) electrons. The van der Waals surface area contributed by atoms with Crippen LogP contribution in [0.3, 0.4) is 0 Å². The molecule has 1 aliphatic heterocycles. The topological polar surface area (TPSA) is 41.5 Å². The Morgan fingerprint density at radius 1 is 1.04 bits per heavy atom. The minimum atomic E-state index is -2.89. The first kappa shape index (κ1) is 18.3. The zero-order valence-electron chi connectivity index (χ0n) is 15.4. The van der Waals surface area contributed by atoms with Gasteiger partial charge in [-0.2, -0.15) is 0 Å². The molecule has 1 saturated heterocycles. The maximum absolute atomic E-state index is 12.1. The first-order valence-electron chi connectivity index (χ1n) is 9.08. The van der Waals surface area contributed by atoms with Crippen molar-refractivity contribution in [2.45, 2.75) is 43.9 Å². The van der Waals surface area contributed by atoms with Crippen molar-refractivity contribution in [2.24, 2.45) is 0 Å². The Morgan fingerprint density at radius 3 is 1.96 bits per heavy atom. The van der Waals surface area contributed by atoms with Crippen LogP contribution in [0.2, 0.25) is 5.04 Å². The molecule has 0 unspecified atom stereocenters. The molecular formula is C21H29NO2Si. The zero-order chi connectivity index (χ0) is 17.9. The molecule has 25 heavy (non-hydrogen) atoms. The summed E-state index contributed by atoms with van der Waals surface area (Å²) in [6, 6.07) is 20.9. The predicted octanol–water partition coefficient (Wildman–Crippen LogP) is 2.29. The molecule has 0 spiro atoms. The van der Waals surface area contributed by atoms with Gasteiger partial charge in [-0.3, -0.25) is 0 Å². The molecule has 0 aliphatic carbocycles. The summed E-state index contributed by atoms with van der Waals surface area (Å²) < 4.78 is 5.51. The van der Waals surface area contributed by atoms with Crippen molar-refractivity contribution < 1.29 is 9.53 Å². The van der Waals surface area contributed by atoms with Crippen molar-refractivity contribution in [1.82, 2.24) is 5.32 Å². The van der Waals surface area contributed by atoms with E-state index in [4.69, 9.17) is 4.74 Å². The molecule has 4 heteroatoms. The first-order valence-corrected chi connectivity index (χ1v) is 11.0. The fourth-order valence-corrected chi connectivity index (χ4v) is 7.67. The van der Waals surface area contributed by atoms with E-state index in [1.165, 1.54) is 0 Å². The van der Waals surface area contributed by atoms with Crippen LogP contribution in [0.1, 0.15) is 26.7 Å². The number of hydrogen-bond acceptors (Lipinski definition) is 3. The third-order valence-electron chi connectivity index (χ3n) is 5.78. The van der Waals surface area contributed by atoms with Gasteiger partial charge >= 0.3 is 0 Å². The monoisotopic (exact) mass is 355 g/mol. The smallest absolute Gasteiger partial charge is 0.258 e. The Balaban J connectivity index is 1.91. The molecule has 3 nitrogen and oxygen atoms in total. The number of ether oxygens (including phenoxy) is 1. The van der Waals surface area contributed by atoms with Gasteiger partial charge in [0.2, 0.25) is 0 Å². The predicted molar refractivity (Wildman–Crippen MR) is 106 cm³/mol. The second-order valence-corrected chi connectivity index (χ2v) is 11.6. The third kappa shape index (κ3) is 3.44. The average molecular weight is 356 g/mol. The fraction of sp³-hybridized carbons (Fsp3) is 0.429. The summed E-state index contributed by atoms with van der Waals surface area (Å²) in [7, 11) is -1.11. The summed E-state index contributed by atoms with van der Waals surface area (Å²) >= 11 is 0. The minimum absolute atomic E-state index is 0.189. The number of nitrogens with one attached hydrogen (secondary N) is 1. The molecule has 0 amide bonds. The Kier molecular flexibility index (Phi) is 5.44. The quantitative estimate of drug-likeness (QED) is 0.749. The van der Waals surface area contributed by atoms with Gasteiger partial charge in [0.05, 0.1) is 6.10 Å². The lowest BCUT2D eigenvalue weighted by Gasteiger charge is -2.44. The zero-order valence-corrected chi connectivity index (χ0v) is 16.4. The number of rotatable bonds is 7. The average Bonchev–Trinajstić information content (AvgIpc) is 2.62. The van der Waals surface area contributed by atoms with Crippen molar-refractivity contribution in [3.8, 4) is 0 Å². The Labute approximate surface area is 152 Å². The van der Waals surface area contributed by atoms with E-state index in [2.05, 4.69) is 43.4 Å². The first-order chi connectivity index (χ1) is 12.0. The van der Waals surface area contributed by atoms with Gasteiger partial charge in [-0.05, 0) is 28.3 Å². The van der Waals surface area contributed by atoms with Crippen molar-refractivity contribution >= 4 is 18.7 Å². The number of benzene rings is 2. The fourth-order valence-electron chi connectivity index (χ4n) is 3.92. The van der Waals surface area contributed by atoms with Crippen LogP contribution in [-0.2, 0) is 4.74 Å². The van der Waals surface area contributed by atoms with Crippen molar-refractivity contribution in [3.05, 3.63) is 60.7 Å². The lowest BCUT2D eigenvalue weighted by Crippen LogP contribution is -2.66. The molecule has 0 aromatic heterocycles. The van der Waals surface area contributed by atoms with Gasteiger partial charge in [0, 0.05) is 19.7 Å². The van der Waals surface area contributed by atoms with Gasteiger partial charge in [0.25, 0.3) is 8.32 Å². The number of methoxy groups -OCH3 is 1. The van der Waals surface area contributed by atoms with Gasteiger partial charge in [0.15, 0.2) is 0 Å². The van der Waals surface area contributed by atoms with Crippen molar-refractivity contribution in [1.29, 1.82) is 0 Å². The molecule has 0 bridgehead atoms. The molecule has 1 heterocycles. The molecule has 1 aliphatic rings. The summed E-state index contributed by atoms with van der Waals surface area (Å²) in [6.07, 6.45) is 2.27. The Morgan fingerprint density at radius 2 is 1.56 bits per heavy atom. The van der Waals surface area contributed by atoms with Crippen LogP contribution >= 0.6 is 0 Å². The third-order valence-corrected chi connectivity index (χ3v) is 10.3. The highest BCUT2D eigenvalue weighted by Gasteiger charge is 2.50. The van der Waals surface area contributed by atoms with E-state index in [1.54, 1.807) is 7.11 Å². The number of hydrogen-bond donors (Lipinski definition) is 2. The van der Waals surface area contributed by atoms with E-state index >= 15 is 0 Å². The van der Waals surface area contributed by atoms with Crippen molar-refractivity contribution in [3.63, 3.8) is 0 Å². The van der Waals surface area contributed by atoms with E-state index in [0.717, 1.165) is 29.8 Å². The van der Waals surface area contributed by atoms with Crippen LogP contribution in [0, 0.1) is 0 Å². The van der Waals surface area contributed by atoms with Gasteiger partial charge < -0.3 is 14.8 Å². The summed E-state index contributed by atoms with van der Waals surface area (Å²) in [5, 5.41) is 5.43. The molecule has 1 fully saturated rings. The van der Waals surface area contributed by atoms with Crippen LogP contribution in [0.15, 0.2) is 60.7 Å². The highest BCUT2D eigenvalue weighted by molar-refractivity contribution is 6.98. The van der Waals surface area contributed by atoms with Crippen LogP contribution in [-0.4, -0.2) is 38.9 Å². The van der Waals surface area contributed by atoms with Crippen molar-refractivity contribution in [2.75, 3.05) is 13.7 Å². The largest absolute Gasteiger partial charge is 0.424 e. The van der Waals surface area contributed by atoms with E-state index < -0.39 is 8.32 Å². The Bertz CT molecular complexity index is 633. The highest BCUT2D eigenvalue weighted by atomic mass is 28.4. The molecule has 2 aromatic carbocycles. The second kappa shape index (κ2) is 7.42. The van der Waals surface area contributed by atoms with E-state index in [0.29, 0.717) is 12.1 Å². The van der Waals surface area contributed by atoms with Crippen LogP contribution in [0.25, 0.3) is 0 Å². The maximum atomic E-state index is 12.1. The van der Waals surface area contributed by atoms with E-state index in [-0.39, 0.29) is 5.04 Å². The van der Waals surface area contributed by atoms with Gasteiger partial charge in [-0.25, -0.2) is 0 Å². The highest BCUT2D eigenvalue weighted by Crippen LogP contribution is 2.40. The standard InChI is InChI=1S/C21H29NO2Si/c1-21(2,15-14-19-20(24-3)16-22-19)25(23,17-10-6-4-7-11-17)18-12-8-5-9-13-18/h4-13,19-20,22-23H,14-16H2,1-3H3/t19-,20+/m1/s1. The molecular weight excluding hydrogens is 326 g/mol. The molecule has 134 valence electrons. The summed E-state index contributed by atoms with van der Waals surface area (Å²) in [6.45, 7) is 5.38. The molecule has 2 atom stereocenters. The second-order valence-electron chi connectivity index (χ2n) is 7.65. The SMILES string of the molecule is CO[C@H]1CN[C@@H]1CCC(C)(C)[Si](O)(c1ccccc1)c1ccccc1. The molecule has 0 saturated carbocycles. The lowest BCUT2D eigenvalue weighted by atomic mass is 9.94. The Hall–Kier alpha value is -1.46. The molecule has 3 rings (SSSR count).